The van der Waals surface area contributed by atoms with E-state index in [2.05, 4.69) is 10.3 Å². The highest BCUT2D eigenvalue weighted by Crippen LogP contribution is 2.24. The summed E-state index contributed by atoms with van der Waals surface area (Å²) in [4.78, 5) is 18.1. The lowest BCUT2D eigenvalue weighted by molar-refractivity contribution is 0.220. The molecule has 4 nitrogen and oxygen atoms in total. The maximum absolute atomic E-state index is 13.2. The number of anilines is 1. The molecule has 0 radical (unpaired) electrons. The third-order valence-electron chi connectivity index (χ3n) is 3.44. The summed E-state index contributed by atoms with van der Waals surface area (Å²) in [7, 11) is 1.66. The van der Waals surface area contributed by atoms with Gasteiger partial charge in [0, 0.05) is 24.5 Å². The van der Waals surface area contributed by atoms with Gasteiger partial charge in [0.1, 0.15) is 5.82 Å². The van der Waals surface area contributed by atoms with E-state index in [9.17, 15) is 9.18 Å². The van der Waals surface area contributed by atoms with Crippen LogP contribution < -0.4 is 5.32 Å². The molecule has 1 N–H and O–H groups in total. The number of urea groups is 1. The molecule has 0 unspecified atom stereocenters. The fourth-order valence-corrected chi connectivity index (χ4v) is 2.95. The van der Waals surface area contributed by atoms with Crippen molar-refractivity contribution in [1.29, 1.82) is 0 Å². The molecule has 2 amide bonds. The van der Waals surface area contributed by atoms with Crippen LogP contribution in [0.4, 0.5) is 14.3 Å². The quantitative estimate of drug-likeness (QED) is 0.753. The normalized spacial score (nSPS) is 10.4. The molecule has 0 saturated heterocycles. The van der Waals surface area contributed by atoms with Crippen molar-refractivity contribution in [3.63, 3.8) is 0 Å². The number of thiazole rings is 1. The maximum Gasteiger partial charge on any atom is 0.323 e. The van der Waals surface area contributed by atoms with E-state index in [0.717, 1.165) is 16.8 Å². The molecule has 1 heterocycles. The predicted octanol–water partition coefficient (Wildman–Crippen LogP) is 4.61. The summed E-state index contributed by atoms with van der Waals surface area (Å²) in [6, 6.07) is 15.7. The van der Waals surface area contributed by atoms with Crippen molar-refractivity contribution in [2.24, 2.45) is 0 Å². The van der Waals surface area contributed by atoms with Gasteiger partial charge in [-0.05, 0) is 17.7 Å². The third kappa shape index (κ3) is 3.97. The first kappa shape index (κ1) is 16.1. The van der Waals surface area contributed by atoms with Crippen LogP contribution in [0.15, 0.2) is 60.0 Å². The lowest BCUT2D eigenvalue weighted by Gasteiger charge is -2.17. The summed E-state index contributed by atoms with van der Waals surface area (Å²) >= 11 is 1.37. The Balaban J connectivity index is 1.63. The number of halogens is 1. The number of nitrogens with one attached hydrogen (secondary N) is 1. The van der Waals surface area contributed by atoms with Gasteiger partial charge >= 0.3 is 6.03 Å². The molecule has 6 heteroatoms. The van der Waals surface area contributed by atoms with Crippen LogP contribution in [0.1, 0.15) is 5.56 Å². The van der Waals surface area contributed by atoms with E-state index < -0.39 is 0 Å². The van der Waals surface area contributed by atoms with E-state index in [1.54, 1.807) is 19.2 Å². The van der Waals surface area contributed by atoms with Crippen molar-refractivity contribution in [2.75, 3.05) is 12.4 Å². The molecule has 24 heavy (non-hydrogen) atoms. The fourth-order valence-electron chi connectivity index (χ4n) is 2.24. The summed E-state index contributed by atoms with van der Waals surface area (Å²) < 4.78 is 13.2. The SMILES string of the molecule is CN(Cc1cccc(F)c1)C(=O)Nc1nc(-c2ccccc2)cs1. The van der Waals surface area contributed by atoms with Crippen molar-refractivity contribution >= 4 is 22.5 Å². The van der Waals surface area contributed by atoms with Gasteiger partial charge in [-0.2, -0.15) is 0 Å². The van der Waals surface area contributed by atoms with Crippen LogP contribution in [-0.4, -0.2) is 23.0 Å². The van der Waals surface area contributed by atoms with Crippen molar-refractivity contribution in [1.82, 2.24) is 9.88 Å². The molecular weight excluding hydrogens is 325 g/mol. The highest BCUT2D eigenvalue weighted by Gasteiger charge is 2.12. The maximum atomic E-state index is 13.2. The van der Waals surface area contributed by atoms with E-state index in [-0.39, 0.29) is 11.8 Å². The van der Waals surface area contributed by atoms with Crippen molar-refractivity contribution in [3.8, 4) is 11.3 Å². The molecule has 0 spiro atoms. The smallest absolute Gasteiger partial charge is 0.323 e. The number of aromatic nitrogens is 1. The summed E-state index contributed by atoms with van der Waals surface area (Å²) in [6.45, 7) is 0.320. The van der Waals surface area contributed by atoms with Gasteiger partial charge in [0.15, 0.2) is 5.13 Å². The van der Waals surface area contributed by atoms with Crippen LogP contribution >= 0.6 is 11.3 Å². The Morgan fingerprint density at radius 1 is 1.21 bits per heavy atom. The summed E-state index contributed by atoms with van der Waals surface area (Å²) in [6.07, 6.45) is 0. The topological polar surface area (TPSA) is 45.2 Å². The summed E-state index contributed by atoms with van der Waals surface area (Å²) in [5, 5.41) is 5.20. The Hall–Kier alpha value is -2.73. The molecule has 0 bridgehead atoms. The largest absolute Gasteiger partial charge is 0.323 e. The van der Waals surface area contributed by atoms with Crippen LogP contribution in [0.5, 0.6) is 0 Å². The van der Waals surface area contributed by atoms with Crippen LogP contribution in [0.3, 0.4) is 0 Å². The van der Waals surface area contributed by atoms with Gasteiger partial charge in [0.05, 0.1) is 5.69 Å². The molecule has 1 aromatic heterocycles. The second-order valence-electron chi connectivity index (χ2n) is 5.32. The Morgan fingerprint density at radius 3 is 2.75 bits per heavy atom. The number of hydrogen-bond acceptors (Lipinski definition) is 3. The molecule has 0 saturated carbocycles. The van der Waals surface area contributed by atoms with Gasteiger partial charge in [-0.25, -0.2) is 14.2 Å². The summed E-state index contributed by atoms with van der Waals surface area (Å²) in [5.41, 5.74) is 2.56. The zero-order chi connectivity index (χ0) is 16.9. The summed E-state index contributed by atoms with van der Waals surface area (Å²) in [5.74, 6) is -0.311. The van der Waals surface area contributed by atoms with Gasteiger partial charge < -0.3 is 4.90 Å². The molecule has 0 aliphatic carbocycles. The molecule has 0 aliphatic heterocycles. The van der Waals surface area contributed by atoms with Gasteiger partial charge in [0.25, 0.3) is 0 Å². The van der Waals surface area contributed by atoms with Crippen molar-refractivity contribution in [3.05, 3.63) is 71.4 Å². The molecule has 3 aromatic rings. The van der Waals surface area contributed by atoms with Crippen molar-refractivity contribution in [2.45, 2.75) is 6.54 Å². The van der Waals surface area contributed by atoms with Crippen LogP contribution in [0, 0.1) is 5.82 Å². The Bertz CT molecular complexity index is 835. The number of rotatable bonds is 4. The molecule has 122 valence electrons. The fraction of sp³-hybridized carbons (Fsp3) is 0.111. The third-order valence-corrected chi connectivity index (χ3v) is 4.20. The van der Waals surface area contributed by atoms with Gasteiger partial charge in [0.2, 0.25) is 0 Å². The lowest BCUT2D eigenvalue weighted by atomic mass is 10.2. The monoisotopic (exact) mass is 341 g/mol. The lowest BCUT2D eigenvalue weighted by Crippen LogP contribution is -2.30. The minimum Gasteiger partial charge on any atom is -0.323 e. The number of nitrogens with zero attached hydrogens (tertiary/aromatic N) is 2. The first-order valence-electron chi connectivity index (χ1n) is 7.39. The van der Waals surface area contributed by atoms with E-state index >= 15 is 0 Å². The van der Waals surface area contributed by atoms with Crippen molar-refractivity contribution < 1.29 is 9.18 Å². The number of hydrogen-bond donors (Lipinski definition) is 1. The highest BCUT2D eigenvalue weighted by atomic mass is 32.1. The minimum absolute atomic E-state index is 0.284. The van der Waals surface area contributed by atoms with Gasteiger partial charge in [-0.3, -0.25) is 5.32 Å². The second-order valence-corrected chi connectivity index (χ2v) is 6.18. The molecule has 0 atom stereocenters. The first-order valence-corrected chi connectivity index (χ1v) is 8.27. The van der Waals surface area contributed by atoms with E-state index in [1.165, 1.54) is 28.4 Å². The zero-order valence-corrected chi connectivity index (χ0v) is 13.9. The van der Waals surface area contributed by atoms with E-state index in [1.807, 2.05) is 35.7 Å². The van der Waals surface area contributed by atoms with Crippen LogP contribution in [-0.2, 0) is 6.54 Å². The molecular formula is C18H16FN3OS. The number of amides is 2. The van der Waals surface area contributed by atoms with Gasteiger partial charge in [-0.15, -0.1) is 11.3 Å². The standard InChI is InChI=1S/C18H16FN3OS/c1-22(11-13-6-5-9-15(19)10-13)18(23)21-17-20-16(12-24-17)14-7-3-2-4-8-14/h2-10,12H,11H2,1H3,(H,20,21,23). The molecule has 3 rings (SSSR count). The van der Waals surface area contributed by atoms with Crippen LogP contribution in [0.25, 0.3) is 11.3 Å². The Labute approximate surface area is 143 Å². The predicted molar refractivity (Wildman–Crippen MR) is 94.4 cm³/mol. The van der Waals surface area contributed by atoms with E-state index in [4.69, 9.17) is 0 Å². The van der Waals surface area contributed by atoms with Gasteiger partial charge in [-0.1, -0.05) is 42.5 Å². The molecule has 2 aromatic carbocycles. The number of benzene rings is 2. The Kier molecular flexibility index (Phi) is 4.86. The van der Waals surface area contributed by atoms with Crippen LogP contribution in [0.2, 0.25) is 0 Å². The average molecular weight is 341 g/mol. The first-order chi connectivity index (χ1) is 11.6. The zero-order valence-electron chi connectivity index (χ0n) is 13.1. The average Bonchev–Trinajstić information content (AvgIpc) is 3.04. The Morgan fingerprint density at radius 2 is 2.00 bits per heavy atom. The highest BCUT2D eigenvalue weighted by molar-refractivity contribution is 7.14. The molecule has 0 fully saturated rings. The van der Waals surface area contributed by atoms with E-state index in [0.29, 0.717) is 11.7 Å². The second kappa shape index (κ2) is 7.23. The minimum atomic E-state index is -0.311. The number of carbonyl (C=O) groups is 1. The number of carbonyl (C=O) groups excluding carboxylic acids is 1. The molecule has 0 aliphatic rings.